The molecule has 1 aliphatic heterocycles. The zero-order valence-corrected chi connectivity index (χ0v) is 23.6. The molecule has 9 heteroatoms. The Morgan fingerprint density at radius 3 is 2.46 bits per heavy atom. The van der Waals surface area contributed by atoms with Gasteiger partial charge < -0.3 is 9.47 Å². The zero-order valence-electron chi connectivity index (χ0n) is 18.5. The van der Waals surface area contributed by atoms with Gasteiger partial charge in [0.2, 0.25) is 0 Å². The molecule has 0 N–H and O–H groups in total. The summed E-state index contributed by atoms with van der Waals surface area (Å²) in [6.07, 6.45) is 1.65. The molecular weight excluding hydrogens is 692 g/mol. The van der Waals surface area contributed by atoms with Gasteiger partial charge in [-0.1, -0.05) is 30.3 Å². The summed E-state index contributed by atoms with van der Waals surface area (Å²) in [5.74, 6) is -0.176. The first kappa shape index (κ1) is 25.7. The van der Waals surface area contributed by atoms with Gasteiger partial charge in [-0.15, -0.1) is 0 Å². The third kappa shape index (κ3) is 6.25. The van der Waals surface area contributed by atoms with Crippen LogP contribution in [0.15, 0.2) is 71.6 Å². The van der Waals surface area contributed by atoms with Crippen LogP contribution in [0.2, 0.25) is 0 Å². The summed E-state index contributed by atoms with van der Waals surface area (Å²) >= 11 is 5.19. The number of nitrogens with zero attached hydrogens (tertiary/aromatic N) is 1. The molecule has 1 fully saturated rings. The molecule has 178 valence electrons. The monoisotopic (exact) mass is 711 g/mol. The SMILES string of the molecule is CCOc1cc(/C=C2\SC(=O)N(Cc3ccc(I)cc3)C2=O)ccc1OC(=O)c1ccccc1I. The lowest BCUT2D eigenvalue weighted by molar-refractivity contribution is -0.123. The van der Waals surface area contributed by atoms with Gasteiger partial charge in [0.15, 0.2) is 11.5 Å². The van der Waals surface area contributed by atoms with E-state index in [2.05, 4.69) is 45.2 Å². The Hall–Kier alpha value is -2.38. The molecule has 0 saturated carbocycles. The highest BCUT2D eigenvalue weighted by molar-refractivity contribution is 14.1. The van der Waals surface area contributed by atoms with Crippen molar-refractivity contribution >= 4 is 80.1 Å². The van der Waals surface area contributed by atoms with Gasteiger partial charge in [0.25, 0.3) is 11.1 Å². The average Bonchev–Trinajstić information content (AvgIpc) is 3.09. The fourth-order valence-electron chi connectivity index (χ4n) is 3.31. The quantitative estimate of drug-likeness (QED) is 0.117. The first-order valence-electron chi connectivity index (χ1n) is 10.6. The predicted molar refractivity (Wildman–Crippen MR) is 152 cm³/mol. The summed E-state index contributed by atoms with van der Waals surface area (Å²) < 4.78 is 13.1. The molecule has 0 radical (unpaired) electrons. The molecule has 0 aliphatic carbocycles. The Balaban J connectivity index is 1.54. The van der Waals surface area contributed by atoms with Crippen LogP contribution in [0.3, 0.4) is 0 Å². The van der Waals surface area contributed by atoms with Crippen molar-refractivity contribution in [3.8, 4) is 11.5 Å². The molecule has 0 aromatic heterocycles. The lowest BCUT2D eigenvalue weighted by atomic mass is 10.1. The van der Waals surface area contributed by atoms with Crippen molar-refractivity contribution in [2.24, 2.45) is 0 Å². The summed E-state index contributed by atoms with van der Waals surface area (Å²) in [5, 5.41) is -0.312. The molecule has 1 saturated heterocycles. The van der Waals surface area contributed by atoms with Crippen molar-refractivity contribution in [3.63, 3.8) is 0 Å². The van der Waals surface area contributed by atoms with Crippen LogP contribution in [0, 0.1) is 7.14 Å². The van der Waals surface area contributed by atoms with Crippen LogP contribution in [0.1, 0.15) is 28.4 Å². The number of imide groups is 1. The van der Waals surface area contributed by atoms with Gasteiger partial charge in [0, 0.05) is 7.14 Å². The second kappa shape index (κ2) is 11.6. The summed E-state index contributed by atoms with van der Waals surface area (Å²) in [7, 11) is 0. The molecule has 2 amide bonds. The van der Waals surface area contributed by atoms with Crippen LogP contribution >= 0.6 is 56.9 Å². The lowest BCUT2D eigenvalue weighted by Crippen LogP contribution is -2.27. The van der Waals surface area contributed by atoms with Crippen LogP contribution < -0.4 is 9.47 Å². The summed E-state index contributed by atoms with van der Waals surface area (Å²) in [6, 6.07) is 19.9. The first-order valence-corrected chi connectivity index (χ1v) is 13.6. The second-order valence-corrected chi connectivity index (χ2v) is 10.8. The molecule has 6 nitrogen and oxygen atoms in total. The average molecular weight is 711 g/mol. The number of benzene rings is 3. The Labute approximate surface area is 234 Å². The Bertz CT molecular complexity index is 1320. The molecule has 0 unspecified atom stereocenters. The number of carbonyl (C=O) groups is 3. The van der Waals surface area contributed by atoms with Crippen molar-refractivity contribution in [1.29, 1.82) is 0 Å². The van der Waals surface area contributed by atoms with Gasteiger partial charge in [-0.2, -0.15) is 0 Å². The van der Waals surface area contributed by atoms with E-state index in [9.17, 15) is 14.4 Å². The number of hydrogen-bond acceptors (Lipinski definition) is 6. The van der Waals surface area contributed by atoms with Gasteiger partial charge in [-0.05, 0) is 117 Å². The van der Waals surface area contributed by atoms with E-state index in [0.717, 1.165) is 24.5 Å². The van der Waals surface area contributed by atoms with Gasteiger partial charge in [0.1, 0.15) is 0 Å². The van der Waals surface area contributed by atoms with E-state index in [-0.39, 0.29) is 23.4 Å². The lowest BCUT2D eigenvalue weighted by Gasteiger charge is -2.13. The van der Waals surface area contributed by atoms with E-state index in [1.807, 2.05) is 43.3 Å². The number of esters is 1. The fraction of sp³-hybridized carbons (Fsp3) is 0.115. The Morgan fingerprint density at radius 2 is 1.74 bits per heavy atom. The third-order valence-electron chi connectivity index (χ3n) is 4.99. The largest absolute Gasteiger partial charge is 0.490 e. The van der Waals surface area contributed by atoms with Crippen molar-refractivity contribution in [2.45, 2.75) is 13.5 Å². The third-order valence-corrected chi connectivity index (χ3v) is 7.56. The van der Waals surface area contributed by atoms with E-state index in [1.54, 1.807) is 36.4 Å². The number of hydrogen-bond donors (Lipinski definition) is 0. The van der Waals surface area contributed by atoms with Crippen LogP contribution in [0.25, 0.3) is 6.08 Å². The van der Waals surface area contributed by atoms with E-state index in [0.29, 0.717) is 28.4 Å². The minimum atomic E-state index is -0.486. The maximum absolute atomic E-state index is 12.9. The molecule has 1 aliphatic rings. The molecule has 3 aromatic carbocycles. The molecule has 4 rings (SSSR count). The minimum Gasteiger partial charge on any atom is -0.490 e. The zero-order chi connectivity index (χ0) is 24.9. The second-order valence-electron chi connectivity index (χ2n) is 7.40. The number of halogens is 2. The predicted octanol–water partition coefficient (Wildman–Crippen LogP) is 6.75. The topological polar surface area (TPSA) is 72.9 Å². The maximum Gasteiger partial charge on any atom is 0.344 e. The molecule has 35 heavy (non-hydrogen) atoms. The molecule has 0 bridgehead atoms. The van der Waals surface area contributed by atoms with Crippen LogP contribution in [0.4, 0.5) is 4.79 Å². The number of rotatable bonds is 7. The van der Waals surface area contributed by atoms with E-state index < -0.39 is 5.97 Å². The van der Waals surface area contributed by atoms with Gasteiger partial charge in [-0.3, -0.25) is 14.5 Å². The molecule has 0 spiro atoms. The van der Waals surface area contributed by atoms with Crippen molar-refractivity contribution in [1.82, 2.24) is 4.90 Å². The van der Waals surface area contributed by atoms with Crippen molar-refractivity contribution in [2.75, 3.05) is 6.61 Å². The van der Waals surface area contributed by atoms with Crippen molar-refractivity contribution in [3.05, 3.63) is 95.5 Å². The van der Waals surface area contributed by atoms with E-state index >= 15 is 0 Å². The van der Waals surface area contributed by atoms with Gasteiger partial charge in [0.05, 0.1) is 23.6 Å². The summed E-state index contributed by atoms with van der Waals surface area (Å²) in [5.41, 5.74) is 2.00. The normalized spacial score (nSPS) is 14.5. The summed E-state index contributed by atoms with van der Waals surface area (Å²) in [6.45, 7) is 2.41. The molecule has 0 atom stereocenters. The first-order chi connectivity index (χ1) is 16.9. The summed E-state index contributed by atoms with van der Waals surface area (Å²) in [4.78, 5) is 39.6. The van der Waals surface area contributed by atoms with Crippen molar-refractivity contribution < 1.29 is 23.9 Å². The molecular formula is C26H19I2NO5S. The van der Waals surface area contributed by atoms with Gasteiger partial charge >= 0.3 is 5.97 Å². The van der Waals surface area contributed by atoms with E-state index in [4.69, 9.17) is 9.47 Å². The standard InChI is InChI=1S/C26H19I2NO5S/c1-2-33-22-13-17(9-12-21(22)34-25(31)19-5-3-4-6-20(19)28)14-23-24(30)29(26(32)35-23)15-16-7-10-18(27)11-8-16/h3-14H,2,15H2,1H3/b23-14-. The van der Waals surface area contributed by atoms with Crippen LogP contribution in [-0.2, 0) is 11.3 Å². The molecule has 3 aromatic rings. The molecule has 1 heterocycles. The number of thioether (sulfide) groups is 1. The number of ether oxygens (including phenoxy) is 2. The highest BCUT2D eigenvalue weighted by atomic mass is 127. The van der Waals surface area contributed by atoms with Crippen LogP contribution in [-0.4, -0.2) is 28.6 Å². The minimum absolute atomic E-state index is 0.219. The van der Waals surface area contributed by atoms with Crippen LogP contribution in [0.5, 0.6) is 11.5 Å². The highest BCUT2D eigenvalue weighted by Crippen LogP contribution is 2.35. The number of amides is 2. The smallest absolute Gasteiger partial charge is 0.344 e. The van der Waals surface area contributed by atoms with Gasteiger partial charge in [-0.25, -0.2) is 4.79 Å². The number of carbonyl (C=O) groups excluding carboxylic acids is 3. The Kier molecular flexibility index (Phi) is 8.50. The fourth-order valence-corrected chi connectivity index (χ4v) is 5.11. The van der Waals surface area contributed by atoms with E-state index in [1.165, 1.54) is 4.90 Å². The highest BCUT2D eigenvalue weighted by Gasteiger charge is 2.35. The maximum atomic E-state index is 12.9. The Morgan fingerprint density at radius 1 is 1.00 bits per heavy atom.